The van der Waals surface area contributed by atoms with Gasteiger partial charge in [0.25, 0.3) is 5.91 Å². The van der Waals surface area contributed by atoms with Gasteiger partial charge in [-0.1, -0.05) is 18.2 Å². The summed E-state index contributed by atoms with van der Waals surface area (Å²) >= 11 is 1.28. The first kappa shape index (κ1) is 21.5. The van der Waals surface area contributed by atoms with E-state index in [9.17, 15) is 9.59 Å². The molecule has 35 heavy (non-hydrogen) atoms. The number of aromatic nitrogens is 2. The van der Waals surface area contributed by atoms with Gasteiger partial charge >= 0.3 is 6.03 Å². The van der Waals surface area contributed by atoms with Gasteiger partial charge in [0.15, 0.2) is 0 Å². The van der Waals surface area contributed by atoms with Gasteiger partial charge in [-0.05, 0) is 43.7 Å². The predicted octanol–water partition coefficient (Wildman–Crippen LogP) is 4.65. The quantitative estimate of drug-likeness (QED) is 0.379. The molecule has 10 heteroatoms. The van der Waals surface area contributed by atoms with Gasteiger partial charge in [-0.3, -0.25) is 9.69 Å². The van der Waals surface area contributed by atoms with Crippen LogP contribution < -0.4 is 25.6 Å². The zero-order valence-electron chi connectivity index (χ0n) is 18.7. The van der Waals surface area contributed by atoms with Crippen molar-refractivity contribution in [2.45, 2.75) is 18.9 Å². The van der Waals surface area contributed by atoms with Gasteiger partial charge in [-0.15, -0.1) is 11.3 Å². The molecule has 3 aromatic heterocycles. The third kappa shape index (κ3) is 4.07. The predicted molar refractivity (Wildman–Crippen MR) is 135 cm³/mol. The molecule has 6 rings (SSSR count). The molecule has 1 saturated heterocycles. The van der Waals surface area contributed by atoms with E-state index in [1.165, 1.54) is 16.2 Å². The van der Waals surface area contributed by atoms with E-state index in [1.807, 2.05) is 30.3 Å². The number of pyridine rings is 2. The summed E-state index contributed by atoms with van der Waals surface area (Å²) in [4.78, 5) is 37.9. The maximum Gasteiger partial charge on any atom is 0.331 e. The van der Waals surface area contributed by atoms with E-state index in [2.05, 4.69) is 25.9 Å². The molecule has 1 fully saturated rings. The van der Waals surface area contributed by atoms with Crippen molar-refractivity contribution in [1.29, 1.82) is 0 Å². The number of piperidine rings is 1. The minimum absolute atomic E-state index is 0.0691. The van der Waals surface area contributed by atoms with E-state index in [0.717, 1.165) is 31.3 Å². The van der Waals surface area contributed by atoms with Crippen molar-refractivity contribution < 1.29 is 14.3 Å². The molecule has 3 N–H and O–H groups in total. The average molecular weight is 487 g/mol. The molecule has 2 aliphatic heterocycles. The van der Waals surface area contributed by atoms with Crippen LogP contribution in [-0.4, -0.2) is 41.0 Å². The largest absolute Gasteiger partial charge is 0.439 e. The summed E-state index contributed by atoms with van der Waals surface area (Å²) in [5.74, 6) is 0.905. The second-order valence-electron chi connectivity index (χ2n) is 8.37. The Labute approximate surface area is 205 Å². The molecule has 0 bridgehead atoms. The Bertz CT molecular complexity index is 1400. The van der Waals surface area contributed by atoms with Crippen molar-refractivity contribution in [3.05, 3.63) is 65.8 Å². The summed E-state index contributed by atoms with van der Waals surface area (Å²) in [5.41, 5.74) is 1.74. The van der Waals surface area contributed by atoms with Crippen LogP contribution in [0.2, 0.25) is 0 Å². The Hall–Kier alpha value is -4.02. The zero-order valence-corrected chi connectivity index (χ0v) is 19.5. The Kier molecular flexibility index (Phi) is 5.51. The van der Waals surface area contributed by atoms with E-state index in [0.29, 0.717) is 38.4 Å². The lowest BCUT2D eigenvalue weighted by molar-refractivity contribution is 0.0935. The SMILES string of the molecule is O=C(NC1CCCNC1)c1sc2nccc3c2c1NC(=O)N3c1ccc(Oc2ccccc2)nc1. The summed E-state index contributed by atoms with van der Waals surface area (Å²) in [6.07, 6.45) is 5.19. The summed E-state index contributed by atoms with van der Waals surface area (Å²) in [6.45, 7) is 1.71. The number of benzene rings is 1. The normalized spacial score (nSPS) is 17.2. The first-order valence-corrected chi connectivity index (χ1v) is 12.2. The molecule has 1 atom stereocenters. The van der Waals surface area contributed by atoms with E-state index in [1.54, 1.807) is 30.6 Å². The number of nitrogens with one attached hydrogen (secondary N) is 3. The van der Waals surface area contributed by atoms with Crippen LogP contribution in [-0.2, 0) is 0 Å². The molecule has 5 heterocycles. The highest BCUT2D eigenvalue weighted by Gasteiger charge is 2.33. The monoisotopic (exact) mass is 486 g/mol. The number of carbonyl (C=O) groups excluding carboxylic acids is 2. The molecule has 2 aliphatic rings. The number of urea groups is 1. The summed E-state index contributed by atoms with van der Waals surface area (Å²) in [6, 6.07) is 14.3. The number of para-hydroxylation sites is 1. The highest BCUT2D eigenvalue weighted by Crippen LogP contribution is 2.45. The minimum Gasteiger partial charge on any atom is -0.439 e. The third-order valence-corrected chi connectivity index (χ3v) is 7.13. The molecule has 0 spiro atoms. The van der Waals surface area contributed by atoms with Crippen molar-refractivity contribution in [1.82, 2.24) is 20.6 Å². The standard InChI is InChI=1S/C25H22N6O3S/c32-23(29-15-5-4-11-26-13-15)22-21-20-18(10-12-27-24(20)35-22)31(25(33)30-21)16-8-9-19(28-14-16)34-17-6-2-1-3-7-17/h1-3,6-10,12,14-15,26H,4-5,11,13H2,(H,29,32)(H,30,33). The number of rotatable bonds is 5. The topological polar surface area (TPSA) is 108 Å². The number of amides is 3. The lowest BCUT2D eigenvalue weighted by Crippen LogP contribution is -2.45. The molecule has 0 radical (unpaired) electrons. The maximum atomic E-state index is 13.2. The fraction of sp³-hybridized carbons (Fsp3) is 0.200. The number of hydrogen-bond donors (Lipinski definition) is 3. The van der Waals surface area contributed by atoms with Gasteiger partial charge in [0.05, 0.1) is 28.6 Å². The number of carbonyl (C=O) groups is 2. The second kappa shape index (κ2) is 8.97. The highest BCUT2D eigenvalue weighted by molar-refractivity contribution is 7.21. The van der Waals surface area contributed by atoms with E-state index >= 15 is 0 Å². The first-order valence-electron chi connectivity index (χ1n) is 11.4. The lowest BCUT2D eigenvalue weighted by Gasteiger charge is -2.28. The summed E-state index contributed by atoms with van der Waals surface area (Å²) < 4.78 is 5.77. The van der Waals surface area contributed by atoms with Crippen LogP contribution in [0.4, 0.5) is 21.9 Å². The molecule has 1 aromatic carbocycles. The van der Waals surface area contributed by atoms with Gasteiger partial charge < -0.3 is 20.7 Å². The van der Waals surface area contributed by atoms with Crippen LogP contribution in [0.5, 0.6) is 11.6 Å². The summed E-state index contributed by atoms with van der Waals surface area (Å²) in [5, 5.41) is 10.1. The fourth-order valence-corrected chi connectivity index (χ4v) is 5.42. The average Bonchev–Trinajstić information content (AvgIpc) is 3.26. The number of thiophene rings is 1. The lowest BCUT2D eigenvalue weighted by atomic mass is 10.1. The second-order valence-corrected chi connectivity index (χ2v) is 9.37. The maximum absolute atomic E-state index is 13.2. The van der Waals surface area contributed by atoms with Crippen LogP contribution in [0.15, 0.2) is 60.9 Å². The van der Waals surface area contributed by atoms with E-state index < -0.39 is 0 Å². The van der Waals surface area contributed by atoms with Gasteiger partial charge in [0, 0.05) is 24.8 Å². The van der Waals surface area contributed by atoms with Gasteiger partial charge in [-0.25, -0.2) is 14.8 Å². The Balaban J connectivity index is 1.31. The van der Waals surface area contributed by atoms with Crippen molar-refractivity contribution in [2.75, 3.05) is 23.3 Å². The van der Waals surface area contributed by atoms with Crippen molar-refractivity contribution in [3.8, 4) is 11.6 Å². The molecule has 1 unspecified atom stereocenters. The third-order valence-electron chi connectivity index (χ3n) is 6.03. The Morgan fingerprint density at radius 2 is 2.03 bits per heavy atom. The number of anilines is 3. The van der Waals surface area contributed by atoms with Crippen molar-refractivity contribution in [2.24, 2.45) is 0 Å². The smallest absolute Gasteiger partial charge is 0.331 e. The van der Waals surface area contributed by atoms with Crippen LogP contribution in [0, 0.1) is 0 Å². The Morgan fingerprint density at radius 3 is 2.80 bits per heavy atom. The summed E-state index contributed by atoms with van der Waals surface area (Å²) in [7, 11) is 0. The van der Waals surface area contributed by atoms with Crippen LogP contribution in [0.25, 0.3) is 10.2 Å². The van der Waals surface area contributed by atoms with Crippen molar-refractivity contribution >= 4 is 50.6 Å². The fourth-order valence-electron chi connectivity index (χ4n) is 4.40. The highest BCUT2D eigenvalue weighted by atomic mass is 32.1. The first-order chi connectivity index (χ1) is 17.2. The molecular weight excluding hydrogens is 464 g/mol. The van der Waals surface area contributed by atoms with Gasteiger partial charge in [0.1, 0.15) is 15.5 Å². The molecule has 3 amide bonds. The molecule has 176 valence electrons. The van der Waals surface area contributed by atoms with Gasteiger partial charge in [0.2, 0.25) is 5.88 Å². The zero-order chi connectivity index (χ0) is 23.8. The molecule has 9 nitrogen and oxygen atoms in total. The number of nitrogens with zero attached hydrogens (tertiary/aromatic N) is 3. The molecular formula is C25H22N6O3S. The minimum atomic E-state index is -0.365. The van der Waals surface area contributed by atoms with Crippen LogP contribution in [0.1, 0.15) is 22.5 Å². The number of hydrogen-bond acceptors (Lipinski definition) is 7. The van der Waals surface area contributed by atoms with Crippen molar-refractivity contribution in [3.63, 3.8) is 0 Å². The van der Waals surface area contributed by atoms with Crippen LogP contribution >= 0.6 is 11.3 Å². The van der Waals surface area contributed by atoms with Crippen LogP contribution in [0.3, 0.4) is 0 Å². The van der Waals surface area contributed by atoms with Gasteiger partial charge in [-0.2, -0.15) is 0 Å². The van der Waals surface area contributed by atoms with E-state index in [4.69, 9.17) is 4.74 Å². The van der Waals surface area contributed by atoms with E-state index in [-0.39, 0.29) is 18.0 Å². The molecule has 0 saturated carbocycles. The number of ether oxygens (including phenoxy) is 1. The molecule has 4 aromatic rings. The molecule has 0 aliphatic carbocycles. The Morgan fingerprint density at radius 1 is 1.14 bits per heavy atom.